The van der Waals surface area contributed by atoms with Crippen molar-refractivity contribution in [3.8, 4) is 0 Å². The number of amides is 3. The Kier molecular flexibility index (Phi) is 9.09. The molecule has 2 saturated heterocycles. The molecule has 0 spiro atoms. The molecule has 11 heteroatoms. The number of nitrogens with zero attached hydrogens (tertiary/aromatic N) is 3. The van der Waals surface area contributed by atoms with Crippen molar-refractivity contribution >= 4 is 11.9 Å². The summed E-state index contributed by atoms with van der Waals surface area (Å²) >= 11 is 0. The molecule has 236 valence electrons. The second kappa shape index (κ2) is 12.2. The number of rotatable bonds is 8. The topological polar surface area (TPSA) is 43.9 Å². The molecule has 3 atom stereocenters. The lowest BCUT2D eigenvalue weighted by atomic mass is 9.76. The third kappa shape index (κ3) is 6.01. The summed E-state index contributed by atoms with van der Waals surface area (Å²) in [7, 11) is 1.32. The van der Waals surface area contributed by atoms with Crippen molar-refractivity contribution in [2.24, 2.45) is 5.41 Å². The summed E-state index contributed by atoms with van der Waals surface area (Å²) in [6.07, 6.45) is -4.33. The Labute approximate surface area is 253 Å². The van der Waals surface area contributed by atoms with E-state index in [1.165, 1.54) is 7.05 Å². The van der Waals surface area contributed by atoms with Crippen LogP contribution < -0.4 is 0 Å². The van der Waals surface area contributed by atoms with Gasteiger partial charge in [0.2, 0.25) is 5.91 Å². The highest BCUT2D eigenvalue weighted by molar-refractivity contribution is 5.87. The van der Waals surface area contributed by atoms with Crippen LogP contribution in [0, 0.1) is 12.3 Å². The number of carbonyl (C=O) groups excluding carboxylic acids is 2. The summed E-state index contributed by atoms with van der Waals surface area (Å²) < 4.78 is 81.8. The first-order valence-electron chi connectivity index (χ1n) is 14.1. The van der Waals surface area contributed by atoms with Crippen LogP contribution in [-0.4, -0.2) is 52.8 Å². The normalized spacial score (nSPS) is 20.6. The standard InChI is InChI=1S/C33H35F6N3O2/c1-6-13-31(14-7-2)20-27-28(25-12-10-9-11-21(25)4)42(16-15-41(27)29(31)43)30(44)40(5)26(8-3)22-17-23(32(34,35)36)19-24(18-22)33(37,38)39/h6-12,17-19,26-28H,1-3,13-16,20H2,4-5H3. The van der Waals surface area contributed by atoms with Crippen LogP contribution in [0.4, 0.5) is 31.1 Å². The smallest absolute Gasteiger partial charge is 0.335 e. The zero-order valence-electron chi connectivity index (χ0n) is 24.6. The highest BCUT2D eigenvalue weighted by Gasteiger charge is 2.56. The van der Waals surface area contributed by atoms with Crippen molar-refractivity contribution in [2.45, 2.75) is 56.7 Å². The van der Waals surface area contributed by atoms with Crippen molar-refractivity contribution < 1.29 is 35.9 Å². The predicted molar refractivity (Wildman–Crippen MR) is 155 cm³/mol. The lowest BCUT2D eigenvalue weighted by molar-refractivity contribution is -0.143. The first-order chi connectivity index (χ1) is 20.6. The quantitative estimate of drug-likeness (QED) is 0.221. The van der Waals surface area contributed by atoms with Gasteiger partial charge >= 0.3 is 18.4 Å². The van der Waals surface area contributed by atoms with Crippen LogP contribution in [0.1, 0.15) is 59.2 Å². The van der Waals surface area contributed by atoms with Crippen molar-refractivity contribution in [1.82, 2.24) is 14.7 Å². The highest BCUT2D eigenvalue weighted by atomic mass is 19.4. The molecular weight excluding hydrogens is 584 g/mol. The van der Waals surface area contributed by atoms with Gasteiger partial charge < -0.3 is 14.7 Å². The minimum absolute atomic E-state index is 0.0504. The molecule has 0 radical (unpaired) electrons. The van der Waals surface area contributed by atoms with E-state index in [0.29, 0.717) is 31.4 Å². The van der Waals surface area contributed by atoms with E-state index in [0.717, 1.165) is 22.1 Å². The van der Waals surface area contributed by atoms with Crippen molar-refractivity contribution in [2.75, 3.05) is 20.1 Å². The van der Waals surface area contributed by atoms with Gasteiger partial charge in [-0.1, -0.05) is 42.5 Å². The van der Waals surface area contributed by atoms with Gasteiger partial charge in [0.1, 0.15) is 0 Å². The summed E-state index contributed by atoms with van der Waals surface area (Å²) in [4.78, 5) is 32.5. The Hall–Kier alpha value is -4.02. The molecule has 2 aliphatic rings. The third-order valence-corrected chi connectivity index (χ3v) is 8.71. The monoisotopic (exact) mass is 619 g/mol. The maximum Gasteiger partial charge on any atom is 0.416 e. The fourth-order valence-corrected chi connectivity index (χ4v) is 6.64. The number of hydrogen-bond acceptors (Lipinski definition) is 2. The molecule has 0 N–H and O–H groups in total. The predicted octanol–water partition coefficient (Wildman–Crippen LogP) is 8.11. The number of alkyl halides is 6. The fraction of sp³-hybridized carbons (Fsp3) is 0.394. The summed E-state index contributed by atoms with van der Waals surface area (Å²) in [6.45, 7) is 13.5. The number of benzene rings is 2. The van der Waals surface area contributed by atoms with Gasteiger partial charge in [-0.2, -0.15) is 26.3 Å². The van der Waals surface area contributed by atoms with Gasteiger partial charge in [0.05, 0.1) is 34.7 Å². The van der Waals surface area contributed by atoms with Crippen molar-refractivity contribution in [3.63, 3.8) is 0 Å². The summed E-state index contributed by atoms with van der Waals surface area (Å²) in [6, 6.07) is 5.69. The van der Waals surface area contributed by atoms with Gasteiger partial charge in [-0.3, -0.25) is 4.79 Å². The van der Waals surface area contributed by atoms with Crippen molar-refractivity contribution in [1.29, 1.82) is 0 Å². The molecule has 0 aromatic heterocycles. The van der Waals surface area contributed by atoms with E-state index >= 15 is 0 Å². The minimum Gasteiger partial charge on any atom is -0.335 e. The SMILES string of the molecule is C=CCC1(CC=C)CC2C(c3ccccc3C)N(C(=O)N(C)C(C=C)c3cc(C(F)(F)F)cc(C(F)(F)F)c3)CCN2C1=O. The average molecular weight is 620 g/mol. The Morgan fingerprint density at radius 2 is 1.57 bits per heavy atom. The van der Waals surface area contributed by atoms with Crippen LogP contribution in [0.2, 0.25) is 0 Å². The second-order valence-corrected chi connectivity index (χ2v) is 11.4. The molecule has 0 aliphatic carbocycles. The molecule has 2 aliphatic heterocycles. The first-order valence-corrected chi connectivity index (χ1v) is 14.1. The summed E-state index contributed by atoms with van der Waals surface area (Å²) in [5, 5.41) is 0. The van der Waals surface area contributed by atoms with Gasteiger partial charge in [0.15, 0.2) is 0 Å². The van der Waals surface area contributed by atoms with Gasteiger partial charge in [-0.05, 0) is 61.1 Å². The molecule has 2 heterocycles. The Balaban J connectivity index is 1.78. The van der Waals surface area contributed by atoms with E-state index in [2.05, 4.69) is 19.7 Å². The van der Waals surface area contributed by atoms with Crippen LogP contribution in [0.25, 0.3) is 0 Å². The number of likely N-dealkylation sites (N-methyl/N-ethyl adjacent to an activating group) is 1. The van der Waals surface area contributed by atoms with E-state index in [1.54, 1.807) is 22.0 Å². The number of aryl methyl sites for hydroxylation is 1. The van der Waals surface area contributed by atoms with Crippen LogP contribution >= 0.6 is 0 Å². The van der Waals surface area contributed by atoms with Gasteiger partial charge in [0, 0.05) is 20.1 Å². The molecule has 2 fully saturated rings. The molecule has 0 saturated carbocycles. The Morgan fingerprint density at radius 3 is 2.07 bits per heavy atom. The molecule has 2 aromatic carbocycles. The number of halogens is 6. The van der Waals surface area contributed by atoms with E-state index in [4.69, 9.17) is 0 Å². The van der Waals surface area contributed by atoms with E-state index in [-0.39, 0.29) is 30.6 Å². The minimum atomic E-state index is -5.05. The van der Waals surface area contributed by atoms with Crippen LogP contribution in [0.5, 0.6) is 0 Å². The third-order valence-electron chi connectivity index (χ3n) is 8.71. The molecule has 3 unspecified atom stereocenters. The fourth-order valence-electron chi connectivity index (χ4n) is 6.64. The highest BCUT2D eigenvalue weighted by Crippen LogP contribution is 2.50. The molecule has 2 aromatic rings. The number of carbonyl (C=O) groups is 2. The lowest BCUT2D eigenvalue weighted by Crippen LogP contribution is -2.57. The number of hydrogen-bond donors (Lipinski definition) is 0. The molecule has 0 bridgehead atoms. The number of allylic oxidation sites excluding steroid dienone is 2. The lowest BCUT2D eigenvalue weighted by Gasteiger charge is -2.47. The van der Waals surface area contributed by atoms with E-state index < -0.39 is 53.1 Å². The molecule has 3 amide bonds. The maximum absolute atomic E-state index is 14.2. The first kappa shape index (κ1) is 32.9. The Morgan fingerprint density at radius 1 is 1.00 bits per heavy atom. The van der Waals surface area contributed by atoms with Gasteiger partial charge in [-0.15, -0.1) is 19.7 Å². The van der Waals surface area contributed by atoms with E-state index in [1.807, 2.05) is 31.2 Å². The summed E-state index contributed by atoms with van der Waals surface area (Å²) in [5.41, 5.74) is -2.46. The Bertz CT molecular complexity index is 1410. The molecule has 5 nitrogen and oxygen atoms in total. The van der Waals surface area contributed by atoms with Crippen molar-refractivity contribution in [3.05, 3.63) is 108 Å². The zero-order valence-corrected chi connectivity index (χ0v) is 24.6. The maximum atomic E-state index is 14.2. The number of urea groups is 1. The summed E-state index contributed by atoms with van der Waals surface area (Å²) in [5.74, 6) is -0.0612. The second-order valence-electron chi connectivity index (χ2n) is 11.4. The van der Waals surface area contributed by atoms with E-state index in [9.17, 15) is 35.9 Å². The van der Waals surface area contributed by atoms with Gasteiger partial charge in [-0.25, -0.2) is 4.79 Å². The van der Waals surface area contributed by atoms with Crippen LogP contribution in [0.3, 0.4) is 0 Å². The average Bonchev–Trinajstić information content (AvgIpc) is 3.23. The van der Waals surface area contributed by atoms with Gasteiger partial charge in [0.25, 0.3) is 0 Å². The zero-order chi connectivity index (χ0) is 32.6. The number of fused-ring (bicyclic) bond motifs is 1. The molecular formula is C33H35F6N3O2. The van der Waals surface area contributed by atoms with Crippen LogP contribution in [0.15, 0.2) is 80.4 Å². The molecule has 4 rings (SSSR count). The number of piperazine rings is 1. The van der Waals surface area contributed by atoms with Crippen LogP contribution in [-0.2, 0) is 17.1 Å². The molecule has 44 heavy (non-hydrogen) atoms. The largest absolute Gasteiger partial charge is 0.416 e.